The number of aliphatic hydroxyl groups is 1. The van der Waals surface area contributed by atoms with Crippen molar-refractivity contribution in [2.45, 2.75) is 13.5 Å². The Morgan fingerprint density at radius 2 is 1.90 bits per heavy atom. The van der Waals surface area contributed by atoms with Gasteiger partial charge in [-0.25, -0.2) is 0 Å². The van der Waals surface area contributed by atoms with Crippen LogP contribution in [0.5, 0.6) is 5.75 Å². The van der Waals surface area contributed by atoms with Crippen molar-refractivity contribution in [1.82, 2.24) is 0 Å². The van der Waals surface area contributed by atoms with E-state index in [4.69, 9.17) is 5.11 Å². The number of phenolic OH excluding ortho intramolecular Hbond substituents is 1. The highest BCUT2D eigenvalue weighted by atomic mass is 16.3. The van der Waals surface area contributed by atoms with Crippen molar-refractivity contribution in [2.24, 2.45) is 0 Å². The zero-order valence-electron chi connectivity index (χ0n) is 11.8. The van der Waals surface area contributed by atoms with E-state index in [1.54, 1.807) is 24.3 Å². The second kappa shape index (κ2) is 6.76. The van der Waals surface area contributed by atoms with E-state index < -0.39 is 12.5 Å². The normalized spacial score (nSPS) is 10.2. The molecule has 21 heavy (non-hydrogen) atoms. The predicted molar refractivity (Wildman–Crippen MR) is 82.3 cm³/mol. The SMILES string of the molecule is Cc1ccc(O)c(CNc2cccc(NC(=O)CO)c2)c1. The maximum absolute atomic E-state index is 11.1. The molecule has 0 aliphatic rings. The molecule has 0 saturated carbocycles. The average molecular weight is 286 g/mol. The first-order valence-electron chi connectivity index (χ1n) is 6.61. The summed E-state index contributed by atoms with van der Waals surface area (Å²) < 4.78 is 0. The van der Waals surface area contributed by atoms with Crippen LogP contribution < -0.4 is 10.6 Å². The van der Waals surface area contributed by atoms with Gasteiger partial charge in [0.1, 0.15) is 12.4 Å². The predicted octanol–water partition coefficient (Wildman–Crippen LogP) is 2.24. The first kappa shape index (κ1) is 14.9. The number of benzene rings is 2. The van der Waals surface area contributed by atoms with Crippen LogP contribution in [0.25, 0.3) is 0 Å². The molecule has 0 fully saturated rings. The fourth-order valence-electron chi connectivity index (χ4n) is 1.96. The van der Waals surface area contributed by atoms with Crippen LogP contribution in [0.15, 0.2) is 42.5 Å². The summed E-state index contributed by atoms with van der Waals surface area (Å²) in [5.74, 6) is -0.207. The lowest BCUT2D eigenvalue weighted by Crippen LogP contribution is -2.15. The highest BCUT2D eigenvalue weighted by molar-refractivity contribution is 5.91. The Balaban J connectivity index is 2.04. The Kier molecular flexibility index (Phi) is 4.79. The Morgan fingerprint density at radius 3 is 2.67 bits per heavy atom. The number of anilines is 2. The van der Waals surface area contributed by atoms with E-state index in [1.807, 2.05) is 25.1 Å². The third kappa shape index (κ3) is 4.22. The van der Waals surface area contributed by atoms with Crippen molar-refractivity contribution < 1.29 is 15.0 Å². The first-order valence-corrected chi connectivity index (χ1v) is 6.61. The second-order valence-corrected chi connectivity index (χ2v) is 4.77. The molecule has 0 aromatic heterocycles. The molecule has 0 unspecified atom stereocenters. The Morgan fingerprint density at radius 1 is 1.14 bits per heavy atom. The molecule has 0 aliphatic heterocycles. The Labute approximate surface area is 123 Å². The first-order chi connectivity index (χ1) is 10.1. The molecule has 0 saturated heterocycles. The van der Waals surface area contributed by atoms with E-state index in [1.165, 1.54) is 0 Å². The summed E-state index contributed by atoms with van der Waals surface area (Å²) in [6.45, 7) is 1.90. The van der Waals surface area contributed by atoms with Gasteiger partial charge in [-0.3, -0.25) is 4.79 Å². The molecule has 0 spiro atoms. The van der Waals surface area contributed by atoms with Gasteiger partial charge in [0.15, 0.2) is 0 Å². The van der Waals surface area contributed by atoms with Crippen molar-refractivity contribution in [3.8, 4) is 5.75 Å². The van der Waals surface area contributed by atoms with E-state index in [2.05, 4.69) is 10.6 Å². The van der Waals surface area contributed by atoms with Crippen molar-refractivity contribution in [3.63, 3.8) is 0 Å². The van der Waals surface area contributed by atoms with Crippen molar-refractivity contribution in [1.29, 1.82) is 0 Å². The lowest BCUT2D eigenvalue weighted by atomic mass is 10.1. The Hall–Kier alpha value is -2.53. The topological polar surface area (TPSA) is 81.6 Å². The zero-order chi connectivity index (χ0) is 15.2. The number of hydrogen-bond acceptors (Lipinski definition) is 4. The molecule has 5 nitrogen and oxygen atoms in total. The van der Waals surface area contributed by atoms with Gasteiger partial charge in [0.2, 0.25) is 5.91 Å². The van der Waals surface area contributed by atoms with Crippen molar-refractivity contribution in [2.75, 3.05) is 17.2 Å². The number of aliphatic hydroxyl groups excluding tert-OH is 1. The van der Waals surface area contributed by atoms with Crippen LogP contribution in [0.4, 0.5) is 11.4 Å². The smallest absolute Gasteiger partial charge is 0.250 e. The fraction of sp³-hybridized carbons (Fsp3) is 0.188. The number of aryl methyl sites for hydroxylation is 1. The minimum Gasteiger partial charge on any atom is -0.508 e. The summed E-state index contributed by atoms with van der Waals surface area (Å²) in [6.07, 6.45) is 0. The standard InChI is InChI=1S/C16H18N2O3/c1-11-5-6-15(20)12(7-11)9-17-13-3-2-4-14(8-13)18-16(21)10-19/h2-8,17,19-20H,9-10H2,1H3,(H,18,21). The number of hydrogen-bond donors (Lipinski definition) is 4. The summed E-state index contributed by atoms with van der Waals surface area (Å²) in [4.78, 5) is 11.1. The number of rotatable bonds is 5. The Bertz CT molecular complexity index is 641. The highest BCUT2D eigenvalue weighted by Gasteiger charge is 2.03. The summed E-state index contributed by atoms with van der Waals surface area (Å²) in [7, 11) is 0. The zero-order valence-corrected chi connectivity index (χ0v) is 11.8. The second-order valence-electron chi connectivity index (χ2n) is 4.77. The van der Waals surface area contributed by atoms with Crippen LogP contribution in [0.2, 0.25) is 0 Å². The number of phenols is 1. The summed E-state index contributed by atoms with van der Waals surface area (Å²) in [5.41, 5.74) is 3.30. The van der Waals surface area contributed by atoms with Crippen LogP contribution in [0.3, 0.4) is 0 Å². The van der Waals surface area contributed by atoms with Gasteiger partial charge in [0.25, 0.3) is 0 Å². The molecule has 0 radical (unpaired) electrons. The van der Waals surface area contributed by atoms with E-state index in [0.717, 1.165) is 16.8 Å². The van der Waals surface area contributed by atoms with Gasteiger partial charge < -0.3 is 20.8 Å². The quantitative estimate of drug-likeness (QED) is 0.679. The maximum atomic E-state index is 11.1. The molecule has 5 heteroatoms. The van der Waals surface area contributed by atoms with Gasteiger partial charge in [-0.05, 0) is 31.2 Å². The molecule has 0 atom stereocenters. The van der Waals surface area contributed by atoms with E-state index in [9.17, 15) is 9.90 Å². The molecule has 0 bridgehead atoms. The number of carbonyl (C=O) groups is 1. The van der Waals surface area contributed by atoms with Gasteiger partial charge in [-0.2, -0.15) is 0 Å². The molecule has 1 amide bonds. The fourth-order valence-corrected chi connectivity index (χ4v) is 1.96. The van der Waals surface area contributed by atoms with Crippen LogP contribution in [-0.4, -0.2) is 22.7 Å². The number of nitrogens with one attached hydrogen (secondary N) is 2. The minimum atomic E-state index is -0.547. The van der Waals surface area contributed by atoms with E-state index in [0.29, 0.717) is 12.2 Å². The highest BCUT2D eigenvalue weighted by Crippen LogP contribution is 2.21. The third-order valence-corrected chi connectivity index (χ3v) is 3.01. The summed E-state index contributed by atoms with van der Waals surface area (Å²) in [6, 6.07) is 12.6. The summed E-state index contributed by atoms with van der Waals surface area (Å²) >= 11 is 0. The molecule has 2 aromatic carbocycles. The van der Waals surface area contributed by atoms with Gasteiger partial charge in [-0.15, -0.1) is 0 Å². The van der Waals surface area contributed by atoms with Gasteiger partial charge in [0.05, 0.1) is 0 Å². The molecule has 110 valence electrons. The lowest BCUT2D eigenvalue weighted by molar-refractivity contribution is -0.118. The van der Waals surface area contributed by atoms with Crippen LogP contribution in [0, 0.1) is 6.92 Å². The van der Waals surface area contributed by atoms with Gasteiger partial charge >= 0.3 is 0 Å². The van der Waals surface area contributed by atoms with Crippen molar-refractivity contribution >= 4 is 17.3 Å². The molecule has 2 aromatic rings. The van der Waals surface area contributed by atoms with Crippen molar-refractivity contribution in [3.05, 3.63) is 53.6 Å². The summed E-state index contributed by atoms with van der Waals surface area (Å²) in [5, 5.41) is 24.3. The third-order valence-electron chi connectivity index (χ3n) is 3.01. The number of amides is 1. The van der Waals surface area contributed by atoms with Crippen LogP contribution in [-0.2, 0) is 11.3 Å². The van der Waals surface area contributed by atoms with Gasteiger partial charge in [-0.1, -0.05) is 23.8 Å². The largest absolute Gasteiger partial charge is 0.508 e. The molecule has 0 heterocycles. The van der Waals surface area contributed by atoms with Gasteiger partial charge in [0, 0.05) is 23.5 Å². The molecular weight excluding hydrogens is 268 g/mol. The molecule has 2 rings (SSSR count). The average Bonchev–Trinajstić information content (AvgIpc) is 2.48. The van der Waals surface area contributed by atoms with E-state index >= 15 is 0 Å². The maximum Gasteiger partial charge on any atom is 0.250 e. The molecular formula is C16H18N2O3. The number of aromatic hydroxyl groups is 1. The minimum absolute atomic E-state index is 0.248. The number of carbonyl (C=O) groups excluding carboxylic acids is 1. The van der Waals surface area contributed by atoms with Crippen LogP contribution in [0.1, 0.15) is 11.1 Å². The molecule has 4 N–H and O–H groups in total. The molecule has 0 aliphatic carbocycles. The lowest BCUT2D eigenvalue weighted by Gasteiger charge is -2.10. The van der Waals surface area contributed by atoms with Crippen LogP contribution >= 0.6 is 0 Å². The van der Waals surface area contributed by atoms with E-state index in [-0.39, 0.29) is 5.75 Å². The monoisotopic (exact) mass is 286 g/mol.